The van der Waals surface area contributed by atoms with Gasteiger partial charge in [-0.25, -0.2) is 0 Å². The normalized spacial score (nSPS) is 17.1. The average molecular weight is 190 g/mol. The Bertz CT molecular complexity index is 346. The fourth-order valence-corrected chi connectivity index (χ4v) is 1.80. The van der Waals surface area contributed by atoms with Crippen LogP contribution in [0.15, 0.2) is 6.07 Å². The molecule has 76 valence electrons. The van der Waals surface area contributed by atoms with Crippen LogP contribution in [-0.2, 0) is 5.41 Å². The van der Waals surface area contributed by atoms with E-state index in [9.17, 15) is 0 Å². The summed E-state index contributed by atoms with van der Waals surface area (Å²) in [6.45, 7) is 8.64. The Morgan fingerprint density at radius 3 is 2.36 bits per heavy atom. The average Bonchev–Trinajstić information content (AvgIpc) is 2.83. The Kier molecular flexibility index (Phi) is 2.09. The lowest BCUT2D eigenvalue weighted by Crippen LogP contribution is -2.17. The molecule has 1 aliphatic carbocycles. The van der Waals surface area contributed by atoms with E-state index in [0.29, 0.717) is 0 Å². The highest BCUT2D eigenvalue weighted by Gasteiger charge is 2.31. The molecular weight excluding hydrogens is 172 g/mol. The van der Waals surface area contributed by atoms with Gasteiger partial charge in [-0.15, -0.1) is 0 Å². The predicted octanol–water partition coefficient (Wildman–Crippen LogP) is 2.96. The SMILES string of the molecule is Cc1cc(C2CC2)c(C(C)(C)C)nn1. The third kappa shape index (κ3) is 1.79. The number of rotatable bonds is 1. The molecule has 1 fully saturated rings. The van der Waals surface area contributed by atoms with Gasteiger partial charge < -0.3 is 0 Å². The van der Waals surface area contributed by atoms with Gasteiger partial charge in [0.05, 0.1) is 11.4 Å². The van der Waals surface area contributed by atoms with Crippen molar-refractivity contribution in [2.75, 3.05) is 0 Å². The third-order valence-electron chi connectivity index (χ3n) is 2.67. The zero-order valence-corrected chi connectivity index (χ0v) is 9.46. The van der Waals surface area contributed by atoms with Gasteiger partial charge in [0.15, 0.2) is 0 Å². The van der Waals surface area contributed by atoms with E-state index in [-0.39, 0.29) is 5.41 Å². The summed E-state index contributed by atoms with van der Waals surface area (Å²) < 4.78 is 0. The van der Waals surface area contributed by atoms with Crippen molar-refractivity contribution in [2.24, 2.45) is 0 Å². The van der Waals surface area contributed by atoms with E-state index < -0.39 is 0 Å². The van der Waals surface area contributed by atoms with E-state index in [2.05, 4.69) is 37.0 Å². The first-order valence-electron chi connectivity index (χ1n) is 5.33. The zero-order chi connectivity index (χ0) is 10.3. The van der Waals surface area contributed by atoms with Crippen LogP contribution in [0.1, 0.15) is 56.5 Å². The molecule has 0 unspecified atom stereocenters. The molecule has 1 aromatic heterocycles. The molecule has 0 aromatic carbocycles. The molecule has 2 nitrogen and oxygen atoms in total. The molecule has 0 aliphatic heterocycles. The summed E-state index contributed by atoms with van der Waals surface area (Å²) in [7, 11) is 0. The zero-order valence-electron chi connectivity index (χ0n) is 9.46. The Labute approximate surface area is 85.8 Å². The van der Waals surface area contributed by atoms with Gasteiger partial charge in [-0.1, -0.05) is 20.8 Å². The molecule has 1 saturated carbocycles. The molecular formula is C12H18N2. The van der Waals surface area contributed by atoms with E-state index in [1.54, 1.807) is 0 Å². The van der Waals surface area contributed by atoms with Crippen molar-refractivity contribution in [3.05, 3.63) is 23.0 Å². The standard InChI is InChI=1S/C12H18N2/c1-8-7-10(9-5-6-9)11(14-13-8)12(2,3)4/h7,9H,5-6H2,1-4H3. The fourth-order valence-electron chi connectivity index (χ4n) is 1.80. The summed E-state index contributed by atoms with van der Waals surface area (Å²) in [5, 5.41) is 8.53. The van der Waals surface area contributed by atoms with E-state index in [4.69, 9.17) is 0 Å². The third-order valence-corrected chi connectivity index (χ3v) is 2.67. The molecule has 1 heterocycles. The molecule has 0 bridgehead atoms. The Morgan fingerprint density at radius 1 is 1.21 bits per heavy atom. The van der Waals surface area contributed by atoms with Gasteiger partial charge in [0.1, 0.15) is 0 Å². The highest BCUT2D eigenvalue weighted by Crippen LogP contribution is 2.43. The molecule has 0 amide bonds. The number of aryl methyl sites for hydroxylation is 1. The van der Waals surface area contributed by atoms with Crippen molar-refractivity contribution in [3.63, 3.8) is 0 Å². The van der Waals surface area contributed by atoms with Crippen LogP contribution >= 0.6 is 0 Å². The van der Waals surface area contributed by atoms with E-state index in [1.165, 1.54) is 24.1 Å². The van der Waals surface area contributed by atoms with Crippen LogP contribution in [-0.4, -0.2) is 10.2 Å². The first kappa shape index (κ1) is 9.63. The van der Waals surface area contributed by atoms with Crippen LogP contribution in [0, 0.1) is 6.92 Å². The maximum Gasteiger partial charge on any atom is 0.0719 e. The molecule has 2 heteroatoms. The first-order chi connectivity index (χ1) is 6.48. The van der Waals surface area contributed by atoms with Crippen molar-refractivity contribution >= 4 is 0 Å². The minimum atomic E-state index is 0.124. The fraction of sp³-hybridized carbons (Fsp3) is 0.667. The molecule has 0 radical (unpaired) electrons. The topological polar surface area (TPSA) is 25.8 Å². The first-order valence-corrected chi connectivity index (χ1v) is 5.33. The van der Waals surface area contributed by atoms with Crippen molar-refractivity contribution in [2.45, 2.75) is 51.9 Å². The number of hydrogen-bond donors (Lipinski definition) is 0. The van der Waals surface area contributed by atoms with Crippen LogP contribution in [0.4, 0.5) is 0 Å². The molecule has 0 atom stereocenters. The van der Waals surface area contributed by atoms with Gasteiger partial charge in [-0.05, 0) is 37.3 Å². The number of nitrogens with zero attached hydrogens (tertiary/aromatic N) is 2. The lowest BCUT2D eigenvalue weighted by molar-refractivity contribution is 0.548. The van der Waals surface area contributed by atoms with Crippen molar-refractivity contribution in [3.8, 4) is 0 Å². The second kappa shape index (κ2) is 3.04. The summed E-state index contributed by atoms with van der Waals surface area (Å²) in [4.78, 5) is 0. The maximum absolute atomic E-state index is 4.36. The smallest absolute Gasteiger partial charge is 0.0719 e. The van der Waals surface area contributed by atoms with Gasteiger partial charge >= 0.3 is 0 Å². The predicted molar refractivity (Wildman–Crippen MR) is 57.4 cm³/mol. The molecule has 0 N–H and O–H groups in total. The van der Waals surface area contributed by atoms with Gasteiger partial charge in [0.2, 0.25) is 0 Å². The van der Waals surface area contributed by atoms with Crippen LogP contribution < -0.4 is 0 Å². The summed E-state index contributed by atoms with van der Waals surface area (Å²) in [5.41, 5.74) is 3.79. The second-order valence-electron chi connectivity index (χ2n) is 5.31. The van der Waals surface area contributed by atoms with Crippen LogP contribution in [0.25, 0.3) is 0 Å². The maximum atomic E-state index is 4.36. The second-order valence-corrected chi connectivity index (χ2v) is 5.31. The van der Waals surface area contributed by atoms with Crippen LogP contribution in [0.3, 0.4) is 0 Å². The molecule has 1 aromatic rings. The van der Waals surface area contributed by atoms with Gasteiger partial charge in [0.25, 0.3) is 0 Å². The Morgan fingerprint density at radius 2 is 1.86 bits per heavy atom. The highest BCUT2D eigenvalue weighted by atomic mass is 15.1. The van der Waals surface area contributed by atoms with Gasteiger partial charge in [-0.2, -0.15) is 10.2 Å². The van der Waals surface area contributed by atoms with Crippen molar-refractivity contribution in [1.29, 1.82) is 0 Å². The van der Waals surface area contributed by atoms with Crippen molar-refractivity contribution < 1.29 is 0 Å². The lowest BCUT2D eigenvalue weighted by Gasteiger charge is -2.20. The van der Waals surface area contributed by atoms with E-state index >= 15 is 0 Å². The van der Waals surface area contributed by atoms with E-state index in [0.717, 1.165) is 11.6 Å². The lowest BCUT2D eigenvalue weighted by atomic mass is 9.87. The molecule has 0 spiro atoms. The molecule has 14 heavy (non-hydrogen) atoms. The van der Waals surface area contributed by atoms with Crippen LogP contribution in [0.5, 0.6) is 0 Å². The minimum Gasteiger partial charge on any atom is -0.156 e. The summed E-state index contributed by atoms with van der Waals surface area (Å²) in [5.74, 6) is 0.762. The quantitative estimate of drug-likeness (QED) is 0.680. The summed E-state index contributed by atoms with van der Waals surface area (Å²) in [6, 6.07) is 2.21. The van der Waals surface area contributed by atoms with Crippen molar-refractivity contribution in [1.82, 2.24) is 10.2 Å². The highest BCUT2D eigenvalue weighted by molar-refractivity contribution is 5.32. The number of hydrogen-bond acceptors (Lipinski definition) is 2. The summed E-state index contributed by atoms with van der Waals surface area (Å²) in [6.07, 6.45) is 2.66. The summed E-state index contributed by atoms with van der Waals surface area (Å²) >= 11 is 0. The Balaban J connectivity index is 2.47. The molecule has 2 rings (SSSR count). The Hall–Kier alpha value is -0.920. The molecule has 1 aliphatic rings. The molecule has 0 saturated heterocycles. The van der Waals surface area contributed by atoms with Gasteiger partial charge in [-0.3, -0.25) is 0 Å². The largest absolute Gasteiger partial charge is 0.156 e. The number of aromatic nitrogens is 2. The monoisotopic (exact) mass is 190 g/mol. The minimum absolute atomic E-state index is 0.124. The van der Waals surface area contributed by atoms with Crippen LogP contribution in [0.2, 0.25) is 0 Å². The van der Waals surface area contributed by atoms with Gasteiger partial charge in [0, 0.05) is 5.41 Å². The van der Waals surface area contributed by atoms with E-state index in [1.807, 2.05) is 6.92 Å².